The number of hydrogen-bond donors (Lipinski definition) is 1. The first-order valence-electron chi connectivity index (χ1n) is 7.82. The molecule has 0 radical (unpaired) electrons. The van der Waals surface area contributed by atoms with Crippen molar-refractivity contribution in [1.29, 1.82) is 0 Å². The van der Waals surface area contributed by atoms with Crippen molar-refractivity contribution >= 4 is 5.97 Å². The molecule has 1 saturated heterocycles. The van der Waals surface area contributed by atoms with E-state index < -0.39 is 12.0 Å². The highest BCUT2D eigenvalue weighted by molar-refractivity contribution is 5.73. The zero-order chi connectivity index (χ0) is 17.0. The van der Waals surface area contributed by atoms with E-state index in [2.05, 4.69) is 0 Å². The summed E-state index contributed by atoms with van der Waals surface area (Å²) in [6.45, 7) is 2.76. The number of carboxylic acid groups (broad SMARTS) is 1. The number of rotatable bonds is 6. The SMILES string of the molecule is COc1cc(OC)c(C(C)N2CCCCC2C(=O)O)cc1OC. The summed E-state index contributed by atoms with van der Waals surface area (Å²) in [6, 6.07) is 3.10. The van der Waals surface area contributed by atoms with E-state index in [1.54, 1.807) is 27.4 Å². The molecule has 1 aromatic rings. The van der Waals surface area contributed by atoms with Crippen LogP contribution in [-0.4, -0.2) is 49.9 Å². The van der Waals surface area contributed by atoms with E-state index in [1.165, 1.54) is 0 Å². The quantitative estimate of drug-likeness (QED) is 0.868. The molecule has 6 nitrogen and oxygen atoms in total. The monoisotopic (exact) mass is 323 g/mol. The number of piperidine rings is 1. The van der Waals surface area contributed by atoms with E-state index >= 15 is 0 Å². The molecule has 23 heavy (non-hydrogen) atoms. The van der Waals surface area contributed by atoms with E-state index in [9.17, 15) is 9.90 Å². The number of hydrogen-bond acceptors (Lipinski definition) is 5. The highest BCUT2D eigenvalue weighted by Crippen LogP contribution is 2.40. The Morgan fingerprint density at radius 3 is 2.30 bits per heavy atom. The predicted octanol–water partition coefficient (Wildman–Crippen LogP) is 2.71. The molecule has 0 saturated carbocycles. The fourth-order valence-electron chi connectivity index (χ4n) is 3.24. The predicted molar refractivity (Wildman–Crippen MR) is 86.5 cm³/mol. The molecule has 1 fully saturated rings. The summed E-state index contributed by atoms with van der Waals surface area (Å²) >= 11 is 0. The minimum Gasteiger partial charge on any atom is -0.496 e. The van der Waals surface area contributed by atoms with Gasteiger partial charge in [0.15, 0.2) is 11.5 Å². The zero-order valence-corrected chi connectivity index (χ0v) is 14.2. The highest BCUT2D eigenvalue weighted by atomic mass is 16.5. The lowest BCUT2D eigenvalue weighted by atomic mass is 9.96. The van der Waals surface area contributed by atoms with Crippen molar-refractivity contribution in [1.82, 2.24) is 4.90 Å². The number of carbonyl (C=O) groups is 1. The second kappa shape index (κ2) is 7.55. The van der Waals surface area contributed by atoms with Gasteiger partial charge >= 0.3 is 5.97 Å². The highest BCUT2D eigenvalue weighted by Gasteiger charge is 2.33. The number of benzene rings is 1. The molecule has 1 heterocycles. The van der Waals surface area contributed by atoms with Crippen LogP contribution in [0.5, 0.6) is 17.2 Å². The number of aliphatic carboxylic acids is 1. The third kappa shape index (κ3) is 3.52. The average Bonchev–Trinajstić information content (AvgIpc) is 2.59. The van der Waals surface area contributed by atoms with E-state index in [4.69, 9.17) is 14.2 Å². The van der Waals surface area contributed by atoms with E-state index in [1.807, 2.05) is 17.9 Å². The molecule has 0 aromatic heterocycles. The van der Waals surface area contributed by atoms with Crippen molar-refractivity contribution in [3.05, 3.63) is 17.7 Å². The molecule has 0 bridgehead atoms. The standard InChI is InChI=1S/C17H25NO5/c1-11(18-8-6-5-7-13(18)17(19)20)12-9-15(22-3)16(23-4)10-14(12)21-2/h9-11,13H,5-8H2,1-4H3,(H,19,20). The van der Waals surface area contributed by atoms with Crippen LogP contribution in [0.2, 0.25) is 0 Å². The van der Waals surface area contributed by atoms with E-state index in [0.29, 0.717) is 23.7 Å². The number of likely N-dealkylation sites (tertiary alicyclic amines) is 1. The number of ether oxygens (including phenoxy) is 3. The van der Waals surface area contributed by atoms with Crippen molar-refractivity contribution in [2.45, 2.75) is 38.3 Å². The molecule has 2 unspecified atom stereocenters. The second-order valence-corrected chi connectivity index (χ2v) is 5.71. The Morgan fingerprint density at radius 2 is 1.74 bits per heavy atom. The molecule has 2 atom stereocenters. The molecule has 0 aliphatic carbocycles. The van der Waals surface area contributed by atoms with Crippen molar-refractivity contribution in [3.8, 4) is 17.2 Å². The number of nitrogens with zero attached hydrogens (tertiary/aromatic N) is 1. The zero-order valence-electron chi connectivity index (χ0n) is 14.2. The Labute approximate surface area is 136 Å². The van der Waals surface area contributed by atoms with Crippen LogP contribution >= 0.6 is 0 Å². The van der Waals surface area contributed by atoms with Crippen LogP contribution in [0.15, 0.2) is 12.1 Å². The Balaban J connectivity index is 2.40. The van der Waals surface area contributed by atoms with Gasteiger partial charge in [0.05, 0.1) is 21.3 Å². The van der Waals surface area contributed by atoms with Crippen LogP contribution in [0, 0.1) is 0 Å². The third-order valence-corrected chi connectivity index (χ3v) is 4.51. The number of methoxy groups -OCH3 is 3. The van der Waals surface area contributed by atoms with E-state index in [-0.39, 0.29) is 6.04 Å². The van der Waals surface area contributed by atoms with Gasteiger partial charge in [-0.1, -0.05) is 6.42 Å². The molecule has 128 valence electrons. The van der Waals surface area contributed by atoms with Gasteiger partial charge in [-0.15, -0.1) is 0 Å². The van der Waals surface area contributed by atoms with E-state index in [0.717, 1.165) is 24.9 Å². The lowest BCUT2D eigenvalue weighted by molar-refractivity contribution is -0.145. The van der Waals surface area contributed by atoms with Gasteiger partial charge in [0.1, 0.15) is 11.8 Å². The first-order chi connectivity index (χ1) is 11.0. The third-order valence-electron chi connectivity index (χ3n) is 4.51. The van der Waals surface area contributed by atoms with Crippen LogP contribution < -0.4 is 14.2 Å². The lowest BCUT2D eigenvalue weighted by Gasteiger charge is -2.38. The second-order valence-electron chi connectivity index (χ2n) is 5.71. The van der Waals surface area contributed by atoms with Crippen molar-refractivity contribution in [2.24, 2.45) is 0 Å². The van der Waals surface area contributed by atoms with Gasteiger partial charge in [-0.25, -0.2) is 0 Å². The number of carboxylic acids is 1. The summed E-state index contributed by atoms with van der Waals surface area (Å²) in [5, 5.41) is 9.50. The lowest BCUT2D eigenvalue weighted by Crippen LogP contribution is -2.45. The summed E-state index contributed by atoms with van der Waals surface area (Å²) in [4.78, 5) is 13.6. The topological polar surface area (TPSA) is 68.2 Å². The molecule has 1 N–H and O–H groups in total. The maximum atomic E-state index is 11.6. The van der Waals surface area contributed by atoms with Gasteiger partial charge < -0.3 is 19.3 Å². The first kappa shape index (κ1) is 17.4. The molecular formula is C17H25NO5. The fourth-order valence-corrected chi connectivity index (χ4v) is 3.24. The molecule has 0 amide bonds. The summed E-state index contributed by atoms with van der Waals surface area (Å²) in [5.74, 6) is 1.11. The van der Waals surface area contributed by atoms with Gasteiger partial charge in [-0.3, -0.25) is 9.69 Å². The Hall–Kier alpha value is -1.95. The largest absolute Gasteiger partial charge is 0.496 e. The van der Waals surface area contributed by atoms with Crippen LogP contribution in [0.1, 0.15) is 37.8 Å². The minimum atomic E-state index is -0.768. The van der Waals surface area contributed by atoms with Crippen LogP contribution in [-0.2, 0) is 4.79 Å². The van der Waals surface area contributed by atoms with Crippen molar-refractivity contribution in [3.63, 3.8) is 0 Å². The Kier molecular flexibility index (Phi) is 5.71. The normalized spacial score (nSPS) is 19.9. The van der Waals surface area contributed by atoms with Crippen LogP contribution in [0.25, 0.3) is 0 Å². The summed E-state index contributed by atoms with van der Waals surface area (Å²) in [7, 11) is 4.76. The summed E-state index contributed by atoms with van der Waals surface area (Å²) in [5.41, 5.74) is 0.901. The van der Waals surface area contributed by atoms with Gasteiger partial charge in [-0.2, -0.15) is 0 Å². The van der Waals surface area contributed by atoms with Crippen molar-refractivity contribution < 1.29 is 24.1 Å². The maximum absolute atomic E-state index is 11.6. The van der Waals surface area contributed by atoms with Gasteiger partial charge in [-0.05, 0) is 32.4 Å². The van der Waals surface area contributed by atoms with Gasteiger partial charge in [0.2, 0.25) is 0 Å². The molecule has 2 rings (SSSR count). The molecule has 1 aliphatic heterocycles. The molecule has 1 aromatic carbocycles. The summed E-state index contributed by atoms with van der Waals surface area (Å²) in [6.07, 6.45) is 2.63. The van der Waals surface area contributed by atoms with Gasteiger partial charge in [0, 0.05) is 17.7 Å². The van der Waals surface area contributed by atoms with Crippen LogP contribution in [0.4, 0.5) is 0 Å². The fraction of sp³-hybridized carbons (Fsp3) is 0.588. The Bertz CT molecular complexity index is 560. The Morgan fingerprint density at radius 1 is 1.13 bits per heavy atom. The molecule has 6 heteroatoms. The average molecular weight is 323 g/mol. The van der Waals surface area contributed by atoms with Crippen LogP contribution in [0.3, 0.4) is 0 Å². The molecule has 1 aliphatic rings. The maximum Gasteiger partial charge on any atom is 0.320 e. The summed E-state index contributed by atoms with van der Waals surface area (Å²) < 4.78 is 16.2. The van der Waals surface area contributed by atoms with Crippen molar-refractivity contribution in [2.75, 3.05) is 27.9 Å². The smallest absolute Gasteiger partial charge is 0.320 e. The van der Waals surface area contributed by atoms with Gasteiger partial charge in [0.25, 0.3) is 0 Å². The minimum absolute atomic E-state index is 0.0915. The first-order valence-corrected chi connectivity index (χ1v) is 7.82. The molecular weight excluding hydrogens is 298 g/mol. The molecule has 0 spiro atoms.